The van der Waals surface area contributed by atoms with E-state index in [1.165, 1.54) is 0 Å². The molecule has 0 aromatic carbocycles. The molecule has 0 aliphatic rings. The zero-order chi connectivity index (χ0) is 6.69. The predicted molar refractivity (Wildman–Crippen MR) is 35.2 cm³/mol. The Bertz CT molecular complexity index is 198. The Hall–Kier alpha value is -1.05. The lowest BCUT2D eigenvalue weighted by Crippen LogP contribution is -1.84. The standard InChI is InChI=1S/C7H8NO/c1-6-5-7(9-2)3-4-8-6/h3-5H,1H2,2H3. The molecule has 1 heterocycles. The van der Waals surface area contributed by atoms with Crippen LogP contribution in [0.15, 0.2) is 18.3 Å². The summed E-state index contributed by atoms with van der Waals surface area (Å²) in [4.78, 5) is 3.90. The van der Waals surface area contributed by atoms with Gasteiger partial charge in [0.25, 0.3) is 0 Å². The fourth-order valence-electron chi connectivity index (χ4n) is 0.583. The first-order valence-electron chi connectivity index (χ1n) is 2.65. The highest BCUT2D eigenvalue weighted by atomic mass is 16.5. The van der Waals surface area contributed by atoms with Crippen LogP contribution < -0.4 is 4.74 Å². The summed E-state index contributed by atoms with van der Waals surface area (Å²) in [5.41, 5.74) is 0.731. The van der Waals surface area contributed by atoms with Gasteiger partial charge in [0.2, 0.25) is 0 Å². The molecule has 0 unspecified atom stereocenters. The number of aromatic nitrogens is 1. The van der Waals surface area contributed by atoms with Crippen LogP contribution in [0.25, 0.3) is 0 Å². The number of hydrogen-bond donors (Lipinski definition) is 0. The van der Waals surface area contributed by atoms with Gasteiger partial charge in [0.05, 0.1) is 7.11 Å². The number of methoxy groups -OCH3 is 1. The summed E-state index contributed by atoms with van der Waals surface area (Å²) in [5, 5.41) is 0. The molecule has 0 atom stereocenters. The maximum atomic E-state index is 4.92. The Kier molecular flexibility index (Phi) is 1.68. The zero-order valence-corrected chi connectivity index (χ0v) is 5.29. The fourth-order valence-corrected chi connectivity index (χ4v) is 0.583. The van der Waals surface area contributed by atoms with Gasteiger partial charge >= 0.3 is 0 Å². The molecule has 0 N–H and O–H groups in total. The normalized spacial score (nSPS) is 9.11. The molecule has 0 spiro atoms. The summed E-state index contributed by atoms with van der Waals surface area (Å²) in [5.74, 6) is 0.801. The Labute approximate surface area is 54.5 Å². The summed E-state index contributed by atoms with van der Waals surface area (Å²) < 4.78 is 4.92. The van der Waals surface area contributed by atoms with Crippen LogP contribution in [0.2, 0.25) is 0 Å². The summed E-state index contributed by atoms with van der Waals surface area (Å²) in [7, 11) is 1.62. The molecule has 1 aromatic heterocycles. The molecule has 0 fully saturated rings. The highest BCUT2D eigenvalue weighted by molar-refractivity contribution is 5.23. The molecule has 2 heteroatoms. The first-order chi connectivity index (χ1) is 4.33. The summed E-state index contributed by atoms with van der Waals surface area (Å²) in [6.07, 6.45) is 1.67. The third-order valence-corrected chi connectivity index (χ3v) is 1.02. The number of rotatable bonds is 1. The lowest BCUT2D eigenvalue weighted by molar-refractivity contribution is 0.414. The molecular weight excluding hydrogens is 114 g/mol. The Morgan fingerprint density at radius 1 is 1.67 bits per heavy atom. The molecule has 0 saturated heterocycles. The van der Waals surface area contributed by atoms with Crippen molar-refractivity contribution in [1.82, 2.24) is 4.98 Å². The van der Waals surface area contributed by atoms with E-state index in [1.54, 1.807) is 25.4 Å². The minimum absolute atomic E-state index is 0.731. The van der Waals surface area contributed by atoms with Gasteiger partial charge in [-0.15, -0.1) is 0 Å². The van der Waals surface area contributed by atoms with E-state index in [1.807, 2.05) is 0 Å². The maximum absolute atomic E-state index is 4.92. The minimum atomic E-state index is 0.731. The molecule has 0 aliphatic heterocycles. The van der Waals surface area contributed by atoms with Gasteiger partial charge in [-0.1, -0.05) is 0 Å². The van der Waals surface area contributed by atoms with Gasteiger partial charge in [0.1, 0.15) is 5.75 Å². The minimum Gasteiger partial charge on any atom is -0.497 e. The lowest BCUT2D eigenvalue weighted by atomic mass is 10.4. The Balaban J connectivity index is 2.94. The van der Waals surface area contributed by atoms with E-state index < -0.39 is 0 Å². The van der Waals surface area contributed by atoms with Gasteiger partial charge in [-0.2, -0.15) is 0 Å². The molecule has 2 nitrogen and oxygen atoms in total. The summed E-state index contributed by atoms with van der Waals surface area (Å²) in [6, 6.07) is 3.56. The largest absolute Gasteiger partial charge is 0.497 e. The van der Waals surface area contributed by atoms with Crippen molar-refractivity contribution in [3.8, 4) is 5.75 Å². The molecule has 0 aliphatic carbocycles. The van der Waals surface area contributed by atoms with Crippen LogP contribution >= 0.6 is 0 Å². The highest BCUT2D eigenvalue weighted by Crippen LogP contribution is 2.07. The van der Waals surface area contributed by atoms with E-state index in [0.717, 1.165) is 11.4 Å². The molecular formula is C7H8NO. The molecule has 0 amide bonds. The van der Waals surface area contributed by atoms with E-state index in [4.69, 9.17) is 4.74 Å². The quantitative estimate of drug-likeness (QED) is 0.559. The first kappa shape index (κ1) is 6.08. The molecule has 1 radical (unpaired) electrons. The number of nitrogens with zero attached hydrogens (tertiary/aromatic N) is 1. The smallest absolute Gasteiger partial charge is 0.122 e. The van der Waals surface area contributed by atoms with Crippen LogP contribution in [0.4, 0.5) is 0 Å². The number of ether oxygens (including phenoxy) is 1. The number of hydrogen-bond acceptors (Lipinski definition) is 2. The summed E-state index contributed by atoms with van der Waals surface area (Å²) >= 11 is 0. The van der Waals surface area contributed by atoms with E-state index in [9.17, 15) is 0 Å². The van der Waals surface area contributed by atoms with Crippen LogP contribution in [0.5, 0.6) is 5.75 Å². The average molecular weight is 122 g/mol. The van der Waals surface area contributed by atoms with E-state index in [0.29, 0.717) is 0 Å². The summed E-state index contributed by atoms with van der Waals surface area (Å²) in [6.45, 7) is 3.64. The monoisotopic (exact) mass is 122 g/mol. The highest BCUT2D eigenvalue weighted by Gasteiger charge is 1.88. The van der Waals surface area contributed by atoms with Gasteiger partial charge in [0.15, 0.2) is 0 Å². The van der Waals surface area contributed by atoms with Crippen molar-refractivity contribution in [2.24, 2.45) is 0 Å². The fraction of sp³-hybridized carbons (Fsp3) is 0.143. The van der Waals surface area contributed by atoms with Crippen LogP contribution in [-0.4, -0.2) is 12.1 Å². The van der Waals surface area contributed by atoms with Crippen molar-refractivity contribution in [2.45, 2.75) is 0 Å². The van der Waals surface area contributed by atoms with Crippen LogP contribution in [0.1, 0.15) is 5.69 Å². The van der Waals surface area contributed by atoms with Crippen LogP contribution in [-0.2, 0) is 0 Å². The molecule has 1 aromatic rings. The van der Waals surface area contributed by atoms with Crippen molar-refractivity contribution in [3.05, 3.63) is 30.9 Å². The SMILES string of the molecule is [CH2]c1cc(OC)ccn1. The molecule has 47 valence electrons. The second-order valence-electron chi connectivity index (χ2n) is 1.69. The second-order valence-corrected chi connectivity index (χ2v) is 1.69. The molecule has 1 rings (SSSR count). The van der Waals surface area contributed by atoms with Gasteiger partial charge in [-0.25, -0.2) is 0 Å². The van der Waals surface area contributed by atoms with Crippen molar-refractivity contribution in [1.29, 1.82) is 0 Å². The topological polar surface area (TPSA) is 22.1 Å². The first-order valence-corrected chi connectivity index (χ1v) is 2.65. The van der Waals surface area contributed by atoms with Gasteiger partial charge in [-0.3, -0.25) is 4.98 Å². The predicted octanol–water partition coefficient (Wildman–Crippen LogP) is 1.27. The van der Waals surface area contributed by atoms with E-state index >= 15 is 0 Å². The van der Waals surface area contributed by atoms with Crippen molar-refractivity contribution >= 4 is 0 Å². The second kappa shape index (κ2) is 2.49. The lowest BCUT2D eigenvalue weighted by Gasteiger charge is -1.97. The molecule has 0 saturated carbocycles. The average Bonchev–Trinajstić information content (AvgIpc) is 1.88. The maximum Gasteiger partial charge on any atom is 0.122 e. The van der Waals surface area contributed by atoms with Gasteiger partial charge < -0.3 is 4.74 Å². The van der Waals surface area contributed by atoms with Crippen LogP contribution in [0, 0.1) is 6.92 Å². The molecule has 9 heavy (non-hydrogen) atoms. The molecule has 0 bridgehead atoms. The zero-order valence-electron chi connectivity index (χ0n) is 5.29. The van der Waals surface area contributed by atoms with Gasteiger partial charge in [-0.05, 0) is 13.0 Å². The van der Waals surface area contributed by atoms with Crippen LogP contribution in [0.3, 0.4) is 0 Å². The van der Waals surface area contributed by atoms with Crippen molar-refractivity contribution in [2.75, 3.05) is 7.11 Å². The van der Waals surface area contributed by atoms with Crippen molar-refractivity contribution < 1.29 is 4.74 Å². The Morgan fingerprint density at radius 3 is 2.89 bits per heavy atom. The Morgan fingerprint density at radius 2 is 2.44 bits per heavy atom. The third-order valence-electron chi connectivity index (χ3n) is 1.02. The third kappa shape index (κ3) is 1.42. The van der Waals surface area contributed by atoms with E-state index in [-0.39, 0.29) is 0 Å². The van der Waals surface area contributed by atoms with E-state index in [2.05, 4.69) is 11.9 Å². The number of pyridine rings is 1. The van der Waals surface area contributed by atoms with Crippen molar-refractivity contribution in [3.63, 3.8) is 0 Å². The van der Waals surface area contributed by atoms with Gasteiger partial charge in [0, 0.05) is 18.0 Å².